The van der Waals surface area contributed by atoms with E-state index in [1.165, 1.54) is 12.8 Å². The number of benzene rings is 1. The zero-order valence-corrected chi connectivity index (χ0v) is 14.3. The fourth-order valence-corrected chi connectivity index (χ4v) is 4.12. The Morgan fingerprint density at radius 2 is 1.67 bits per heavy atom. The second kappa shape index (κ2) is 6.93. The van der Waals surface area contributed by atoms with Crippen LogP contribution >= 0.6 is 0 Å². The highest BCUT2D eigenvalue weighted by atomic mass is 16.4. The van der Waals surface area contributed by atoms with Gasteiger partial charge in [-0.05, 0) is 63.4 Å². The minimum absolute atomic E-state index is 0.125. The first-order chi connectivity index (χ1) is 11.5. The summed E-state index contributed by atoms with van der Waals surface area (Å²) in [5.74, 6) is -0.797. The quantitative estimate of drug-likeness (QED) is 0.871. The molecule has 5 nitrogen and oxygen atoms in total. The predicted molar refractivity (Wildman–Crippen MR) is 92.0 cm³/mol. The number of amides is 1. The van der Waals surface area contributed by atoms with Crippen molar-refractivity contribution in [3.63, 3.8) is 0 Å². The standard InChI is InChI=1S/C19H26N2O3/c1-14(15-6-8-16(9-7-15)17(22)23)20-18(24)19(10-2-3-11-19)21-12-4-5-13-21/h6-9,14H,2-5,10-13H2,1H3,(H,20,24)(H,22,23). The Balaban J connectivity index is 1.71. The van der Waals surface area contributed by atoms with Crippen molar-refractivity contribution in [2.24, 2.45) is 0 Å². The van der Waals surface area contributed by atoms with Gasteiger partial charge < -0.3 is 10.4 Å². The Hall–Kier alpha value is -1.88. The molecule has 2 fully saturated rings. The monoisotopic (exact) mass is 330 g/mol. The Kier molecular flexibility index (Phi) is 4.90. The van der Waals surface area contributed by atoms with Crippen LogP contribution in [0.25, 0.3) is 0 Å². The van der Waals surface area contributed by atoms with Crippen LogP contribution in [0.4, 0.5) is 0 Å². The largest absolute Gasteiger partial charge is 0.478 e. The normalized spacial score (nSPS) is 21.5. The van der Waals surface area contributed by atoms with Crippen LogP contribution in [-0.4, -0.2) is 40.5 Å². The lowest BCUT2D eigenvalue weighted by Gasteiger charge is -2.38. The van der Waals surface area contributed by atoms with E-state index in [0.717, 1.165) is 44.3 Å². The maximum atomic E-state index is 13.1. The van der Waals surface area contributed by atoms with Crippen molar-refractivity contribution in [1.29, 1.82) is 0 Å². The molecule has 0 bridgehead atoms. The van der Waals surface area contributed by atoms with Gasteiger partial charge in [-0.1, -0.05) is 25.0 Å². The molecule has 1 aliphatic carbocycles. The Labute approximate surface area is 143 Å². The SMILES string of the molecule is CC(NC(=O)C1(N2CCCC2)CCCC1)c1ccc(C(=O)O)cc1. The average Bonchev–Trinajstić information content (AvgIpc) is 3.26. The molecule has 1 atom stereocenters. The highest BCUT2D eigenvalue weighted by Crippen LogP contribution is 2.38. The molecular formula is C19H26N2O3. The van der Waals surface area contributed by atoms with E-state index < -0.39 is 5.97 Å². The van der Waals surface area contributed by atoms with Crippen LogP contribution in [0.5, 0.6) is 0 Å². The fourth-order valence-electron chi connectivity index (χ4n) is 4.12. The number of carboxylic acid groups (broad SMARTS) is 1. The van der Waals surface area contributed by atoms with Gasteiger partial charge in [-0.15, -0.1) is 0 Å². The van der Waals surface area contributed by atoms with Crippen molar-refractivity contribution in [3.8, 4) is 0 Å². The number of carboxylic acids is 1. The summed E-state index contributed by atoms with van der Waals surface area (Å²) in [6.45, 7) is 4.00. The highest BCUT2D eigenvalue weighted by molar-refractivity contribution is 5.88. The van der Waals surface area contributed by atoms with Crippen molar-refractivity contribution in [1.82, 2.24) is 10.2 Å². The van der Waals surface area contributed by atoms with Gasteiger partial charge in [0.15, 0.2) is 0 Å². The maximum absolute atomic E-state index is 13.1. The van der Waals surface area contributed by atoms with E-state index in [-0.39, 0.29) is 23.1 Å². The van der Waals surface area contributed by atoms with Crippen LogP contribution in [0.1, 0.15) is 67.4 Å². The molecule has 2 aliphatic rings. The number of hydrogen-bond acceptors (Lipinski definition) is 3. The molecule has 3 rings (SSSR count). The Morgan fingerprint density at radius 1 is 1.08 bits per heavy atom. The van der Waals surface area contributed by atoms with Crippen molar-refractivity contribution in [2.75, 3.05) is 13.1 Å². The highest BCUT2D eigenvalue weighted by Gasteiger charge is 2.47. The van der Waals surface area contributed by atoms with Gasteiger partial charge >= 0.3 is 5.97 Å². The summed E-state index contributed by atoms with van der Waals surface area (Å²) >= 11 is 0. The van der Waals surface area contributed by atoms with E-state index in [9.17, 15) is 9.59 Å². The molecule has 5 heteroatoms. The van der Waals surface area contributed by atoms with E-state index in [2.05, 4.69) is 10.2 Å². The minimum atomic E-state index is -0.933. The molecule has 1 aromatic carbocycles. The van der Waals surface area contributed by atoms with Crippen LogP contribution in [0, 0.1) is 0 Å². The summed E-state index contributed by atoms with van der Waals surface area (Å²) in [6, 6.07) is 6.62. The summed E-state index contributed by atoms with van der Waals surface area (Å²) in [7, 11) is 0. The Bertz CT molecular complexity index is 600. The number of nitrogens with one attached hydrogen (secondary N) is 1. The van der Waals surface area contributed by atoms with Crippen LogP contribution in [0.2, 0.25) is 0 Å². The molecule has 1 aromatic rings. The van der Waals surface area contributed by atoms with Crippen molar-refractivity contribution in [2.45, 2.75) is 57.0 Å². The number of aromatic carboxylic acids is 1. The summed E-state index contributed by atoms with van der Waals surface area (Å²) < 4.78 is 0. The molecular weight excluding hydrogens is 304 g/mol. The zero-order valence-electron chi connectivity index (χ0n) is 14.3. The maximum Gasteiger partial charge on any atom is 0.335 e. The van der Waals surface area contributed by atoms with Crippen LogP contribution in [0.3, 0.4) is 0 Å². The van der Waals surface area contributed by atoms with Crippen molar-refractivity contribution < 1.29 is 14.7 Å². The second-order valence-corrected chi connectivity index (χ2v) is 7.06. The number of carbonyl (C=O) groups excluding carboxylic acids is 1. The van der Waals surface area contributed by atoms with E-state index in [1.54, 1.807) is 24.3 Å². The lowest BCUT2D eigenvalue weighted by atomic mass is 9.93. The van der Waals surface area contributed by atoms with E-state index in [1.807, 2.05) is 6.92 Å². The first-order valence-electron chi connectivity index (χ1n) is 8.92. The molecule has 1 amide bonds. The molecule has 1 unspecified atom stereocenters. The van der Waals surface area contributed by atoms with Gasteiger partial charge in [0.05, 0.1) is 11.6 Å². The van der Waals surface area contributed by atoms with Gasteiger partial charge in [-0.25, -0.2) is 4.79 Å². The zero-order chi connectivity index (χ0) is 17.2. The lowest BCUT2D eigenvalue weighted by Crippen LogP contribution is -2.56. The van der Waals surface area contributed by atoms with Gasteiger partial charge in [-0.2, -0.15) is 0 Å². The van der Waals surface area contributed by atoms with Crippen LogP contribution in [0.15, 0.2) is 24.3 Å². The number of likely N-dealkylation sites (tertiary alicyclic amines) is 1. The van der Waals surface area contributed by atoms with Crippen LogP contribution < -0.4 is 5.32 Å². The fraction of sp³-hybridized carbons (Fsp3) is 0.579. The van der Waals surface area contributed by atoms with Crippen LogP contribution in [-0.2, 0) is 4.79 Å². The molecule has 1 aliphatic heterocycles. The van der Waals surface area contributed by atoms with Gasteiger partial charge in [0.2, 0.25) is 5.91 Å². The van der Waals surface area contributed by atoms with Gasteiger partial charge in [0.1, 0.15) is 5.54 Å². The summed E-state index contributed by atoms with van der Waals surface area (Å²) in [5, 5.41) is 12.2. The molecule has 0 spiro atoms. The number of carbonyl (C=O) groups is 2. The summed E-state index contributed by atoms with van der Waals surface area (Å²) in [5.41, 5.74) is 0.871. The van der Waals surface area contributed by atoms with Gasteiger partial charge in [0.25, 0.3) is 0 Å². The smallest absolute Gasteiger partial charge is 0.335 e. The first kappa shape index (κ1) is 17.0. The van der Waals surface area contributed by atoms with Gasteiger partial charge in [0, 0.05) is 0 Å². The van der Waals surface area contributed by atoms with E-state index in [4.69, 9.17) is 5.11 Å². The second-order valence-electron chi connectivity index (χ2n) is 7.06. The van der Waals surface area contributed by atoms with Gasteiger partial charge in [-0.3, -0.25) is 9.69 Å². The molecule has 1 saturated carbocycles. The first-order valence-corrected chi connectivity index (χ1v) is 8.92. The third-order valence-corrected chi connectivity index (χ3v) is 5.57. The minimum Gasteiger partial charge on any atom is -0.478 e. The molecule has 0 aromatic heterocycles. The van der Waals surface area contributed by atoms with E-state index in [0.29, 0.717) is 0 Å². The molecule has 24 heavy (non-hydrogen) atoms. The molecule has 0 radical (unpaired) electrons. The lowest BCUT2D eigenvalue weighted by molar-refractivity contribution is -0.133. The molecule has 130 valence electrons. The van der Waals surface area contributed by atoms with Crippen molar-refractivity contribution >= 4 is 11.9 Å². The average molecular weight is 330 g/mol. The number of hydrogen-bond donors (Lipinski definition) is 2. The summed E-state index contributed by atoms with van der Waals surface area (Å²) in [6.07, 6.45) is 6.49. The number of rotatable bonds is 5. The third kappa shape index (κ3) is 3.18. The predicted octanol–water partition coefficient (Wildman–Crippen LogP) is 2.97. The Morgan fingerprint density at radius 3 is 2.21 bits per heavy atom. The topological polar surface area (TPSA) is 69.6 Å². The molecule has 1 saturated heterocycles. The van der Waals surface area contributed by atoms with Crippen molar-refractivity contribution in [3.05, 3.63) is 35.4 Å². The third-order valence-electron chi connectivity index (χ3n) is 5.57. The summed E-state index contributed by atoms with van der Waals surface area (Å²) in [4.78, 5) is 26.4. The number of nitrogens with zero attached hydrogens (tertiary/aromatic N) is 1. The molecule has 1 heterocycles. The van der Waals surface area contributed by atoms with E-state index >= 15 is 0 Å². The molecule has 2 N–H and O–H groups in total.